The van der Waals surface area contributed by atoms with Crippen molar-refractivity contribution in [1.29, 1.82) is 0 Å². The highest BCUT2D eigenvalue weighted by Crippen LogP contribution is 2.18. The highest BCUT2D eigenvalue weighted by molar-refractivity contribution is 5.96. The number of carbonyl (C=O) groups is 10. The maximum atomic E-state index is 13.1. The van der Waals surface area contributed by atoms with E-state index in [-0.39, 0.29) is 18.9 Å². The van der Waals surface area contributed by atoms with E-state index in [0.717, 1.165) is 0 Å². The molecule has 1 heterocycles. The molecule has 1 rings (SSSR count). The Labute approximate surface area is 298 Å². The molecular weight excluding hydrogens is 696 g/mol. The minimum Gasteiger partial charge on any atom is -0.481 e. The van der Waals surface area contributed by atoms with Crippen molar-refractivity contribution in [1.82, 2.24) is 36.8 Å². The van der Waals surface area contributed by atoms with Crippen LogP contribution in [0.1, 0.15) is 59.3 Å². The predicted molar refractivity (Wildman–Crippen MR) is 175 cm³/mol. The van der Waals surface area contributed by atoms with Crippen molar-refractivity contribution in [3.8, 4) is 0 Å². The molecule has 7 amide bonds. The summed E-state index contributed by atoms with van der Waals surface area (Å²) < 4.78 is 0. The molecule has 0 saturated carbocycles. The van der Waals surface area contributed by atoms with Gasteiger partial charge in [0.2, 0.25) is 41.4 Å². The van der Waals surface area contributed by atoms with Crippen LogP contribution in [-0.4, -0.2) is 147 Å². The van der Waals surface area contributed by atoms with Gasteiger partial charge in [0.05, 0.1) is 25.7 Å². The molecule has 22 heteroatoms. The summed E-state index contributed by atoms with van der Waals surface area (Å²) in [7, 11) is 0. The summed E-state index contributed by atoms with van der Waals surface area (Å²) in [5.41, 5.74) is 5.77. The lowest BCUT2D eigenvalue weighted by Gasteiger charge is -2.28. The first-order valence-electron chi connectivity index (χ1n) is 16.4. The van der Waals surface area contributed by atoms with Crippen LogP contribution in [0.2, 0.25) is 0 Å². The Morgan fingerprint density at radius 3 is 1.79 bits per heavy atom. The van der Waals surface area contributed by atoms with Crippen LogP contribution in [0.25, 0.3) is 0 Å². The zero-order valence-corrected chi connectivity index (χ0v) is 29.0. The lowest BCUT2D eigenvalue weighted by Crippen LogP contribution is -2.58. The standard InChI is InChI=1S/C30H48N8O14/c1-14(2)24(31)28(49)37-18(13-39)26(47)34-15(3)29(50)38-10-4-5-19(38)27(48)33-11-20(40)32-12-21(41)35-16(6-8-22(42)43)25(46)36-17(30(51)52)7-9-23(44)45/h14-19,24,39H,4-13,31H2,1-3H3,(H,32,40)(H,33,48)(H,34,47)(H,35,41)(H,36,46)(H,37,49)(H,42,43)(H,44,45)(H,51,52)/t15-,16-,17-,18-,19-,24-/m0/s1. The first-order valence-corrected chi connectivity index (χ1v) is 16.4. The molecule has 292 valence electrons. The van der Waals surface area contributed by atoms with E-state index in [0.29, 0.717) is 6.42 Å². The average Bonchev–Trinajstić information content (AvgIpc) is 3.57. The normalized spacial score (nSPS) is 16.7. The second-order valence-corrected chi connectivity index (χ2v) is 12.3. The van der Waals surface area contributed by atoms with Crippen LogP contribution in [0.5, 0.6) is 0 Å². The third-order valence-electron chi connectivity index (χ3n) is 7.83. The van der Waals surface area contributed by atoms with Gasteiger partial charge in [-0.05, 0) is 38.5 Å². The summed E-state index contributed by atoms with van der Waals surface area (Å²) >= 11 is 0. The number of amides is 7. The van der Waals surface area contributed by atoms with E-state index in [9.17, 15) is 58.2 Å². The maximum Gasteiger partial charge on any atom is 0.326 e. The van der Waals surface area contributed by atoms with E-state index in [1.54, 1.807) is 13.8 Å². The lowest BCUT2D eigenvalue weighted by molar-refractivity contribution is -0.144. The van der Waals surface area contributed by atoms with Crippen LogP contribution in [0, 0.1) is 5.92 Å². The molecule has 1 fully saturated rings. The number of carbonyl (C=O) groups excluding carboxylic acids is 7. The van der Waals surface area contributed by atoms with Crippen molar-refractivity contribution in [2.45, 2.75) is 95.5 Å². The van der Waals surface area contributed by atoms with Gasteiger partial charge in [0.15, 0.2) is 0 Å². The van der Waals surface area contributed by atoms with E-state index in [1.807, 2.05) is 0 Å². The molecule has 22 nitrogen and oxygen atoms in total. The highest BCUT2D eigenvalue weighted by atomic mass is 16.4. The first kappa shape index (κ1) is 44.6. The SMILES string of the molecule is CC(C)[C@H](N)C(=O)N[C@@H](CO)C(=O)N[C@@H](C)C(=O)N1CCC[C@H]1C(=O)NCC(=O)NCC(=O)N[C@@H](CCC(=O)O)C(=O)N[C@@H](CCC(=O)O)C(=O)O. The van der Waals surface area contributed by atoms with Crippen molar-refractivity contribution < 1.29 is 68.4 Å². The van der Waals surface area contributed by atoms with Crippen molar-refractivity contribution >= 4 is 59.3 Å². The molecule has 0 unspecified atom stereocenters. The lowest BCUT2D eigenvalue weighted by atomic mass is 10.0. The molecule has 52 heavy (non-hydrogen) atoms. The van der Waals surface area contributed by atoms with Gasteiger partial charge >= 0.3 is 17.9 Å². The fourth-order valence-corrected chi connectivity index (χ4v) is 4.80. The van der Waals surface area contributed by atoms with Gasteiger partial charge in [0, 0.05) is 19.4 Å². The number of nitrogens with two attached hydrogens (primary N) is 1. The number of carboxylic acids is 3. The van der Waals surface area contributed by atoms with E-state index in [2.05, 4.69) is 31.9 Å². The molecule has 1 saturated heterocycles. The summed E-state index contributed by atoms with van der Waals surface area (Å²) in [5.74, 6) is -10.3. The third-order valence-corrected chi connectivity index (χ3v) is 7.83. The smallest absolute Gasteiger partial charge is 0.326 e. The van der Waals surface area contributed by atoms with Gasteiger partial charge in [0.1, 0.15) is 30.2 Å². The largest absolute Gasteiger partial charge is 0.481 e. The molecule has 0 bridgehead atoms. The summed E-state index contributed by atoms with van der Waals surface area (Å²) in [5, 5.41) is 50.1. The number of rotatable bonds is 22. The number of nitrogens with one attached hydrogen (secondary N) is 6. The van der Waals surface area contributed by atoms with Gasteiger partial charge in [-0.25, -0.2) is 4.79 Å². The van der Waals surface area contributed by atoms with Gasteiger partial charge < -0.3 is 63.0 Å². The molecule has 0 spiro atoms. The zero-order valence-electron chi connectivity index (χ0n) is 29.0. The fraction of sp³-hybridized carbons (Fsp3) is 0.667. The number of aliphatic carboxylic acids is 3. The van der Waals surface area contributed by atoms with Crippen LogP contribution in [0.15, 0.2) is 0 Å². The summed E-state index contributed by atoms with van der Waals surface area (Å²) in [6.45, 7) is 2.74. The number of carboxylic acid groups (broad SMARTS) is 3. The second kappa shape index (κ2) is 21.8. The third kappa shape index (κ3) is 15.2. The molecule has 1 aliphatic heterocycles. The molecule has 0 aliphatic carbocycles. The molecule has 0 aromatic carbocycles. The minimum atomic E-state index is -1.64. The summed E-state index contributed by atoms with van der Waals surface area (Å²) in [4.78, 5) is 123. The number of nitrogens with zero attached hydrogens (tertiary/aromatic N) is 1. The van der Waals surface area contributed by atoms with Gasteiger partial charge in [-0.15, -0.1) is 0 Å². The van der Waals surface area contributed by atoms with Gasteiger partial charge in [-0.1, -0.05) is 13.8 Å². The highest BCUT2D eigenvalue weighted by Gasteiger charge is 2.37. The Hall–Kier alpha value is -5.38. The van der Waals surface area contributed by atoms with Crippen molar-refractivity contribution in [3.05, 3.63) is 0 Å². The van der Waals surface area contributed by atoms with Gasteiger partial charge in [0.25, 0.3) is 0 Å². The van der Waals surface area contributed by atoms with E-state index in [1.165, 1.54) is 11.8 Å². The van der Waals surface area contributed by atoms with Crippen LogP contribution in [-0.2, 0) is 47.9 Å². The molecule has 6 atom stereocenters. The Morgan fingerprint density at radius 1 is 0.712 bits per heavy atom. The van der Waals surface area contributed by atoms with E-state index < -0.39 is 141 Å². The van der Waals surface area contributed by atoms with Crippen LogP contribution in [0.3, 0.4) is 0 Å². The molecule has 0 aromatic heterocycles. The molecule has 0 aromatic rings. The second-order valence-electron chi connectivity index (χ2n) is 12.3. The van der Waals surface area contributed by atoms with Crippen molar-refractivity contribution in [3.63, 3.8) is 0 Å². The zero-order chi connectivity index (χ0) is 39.7. The quantitative estimate of drug-likeness (QED) is 0.0494. The summed E-state index contributed by atoms with van der Waals surface area (Å²) in [6, 6.07) is -7.71. The Kier molecular flexibility index (Phi) is 18.7. The number of hydrogen-bond acceptors (Lipinski definition) is 12. The number of aliphatic hydroxyl groups is 1. The molecule has 12 N–H and O–H groups in total. The Bertz CT molecular complexity index is 1360. The fourth-order valence-electron chi connectivity index (χ4n) is 4.80. The maximum absolute atomic E-state index is 13.1. The average molecular weight is 745 g/mol. The first-order chi connectivity index (χ1) is 24.3. The minimum absolute atomic E-state index is 0.149. The van der Waals surface area contributed by atoms with Crippen molar-refractivity contribution in [2.75, 3.05) is 26.2 Å². The van der Waals surface area contributed by atoms with Crippen LogP contribution in [0.4, 0.5) is 0 Å². The molecular formula is C30H48N8O14. The Morgan fingerprint density at radius 2 is 1.25 bits per heavy atom. The van der Waals surface area contributed by atoms with Crippen LogP contribution >= 0.6 is 0 Å². The Balaban J connectivity index is 2.71. The predicted octanol–water partition coefficient (Wildman–Crippen LogP) is -5.04. The van der Waals surface area contributed by atoms with Crippen molar-refractivity contribution in [2.24, 2.45) is 11.7 Å². The van der Waals surface area contributed by atoms with E-state index in [4.69, 9.17) is 15.9 Å². The van der Waals surface area contributed by atoms with Gasteiger partial charge in [-0.3, -0.25) is 43.2 Å². The summed E-state index contributed by atoms with van der Waals surface area (Å²) in [6.07, 6.45) is -1.51. The number of aliphatic hydroxyl groups excluding tert-OH is 1. The topological polar surface area (TPSA) is 353 Å². The van der Waals surface area contributed by atoms with Crippen LogP contribution < -0.4 is 37.6 Å². The van der Waals surface area contributed by atoms with Gasteiger partial charge in [-0.2, -0.15) is 0 Å². The number of hydrogen-bond donors (Lipinski definition) is 11. The number of likely N-dealkylation sites (tertiary alicyclic amines) is 1. The molecule has 1 aliphatic rings. The molecule has 0 radical (unpaired) electrons. The van der Waals surface area contributed by atoms with E-state index >= 15 is 0 Å². The monoisotopic (exact) mass is 744 g/mol.